The van der Waals surface area contributed by atoms with E-state index in [2.05, 4.69) is 4.98 Å². The van der Waals surface area contributed by atoms with E-state index in [1.807, 2.05) is 0 Å². The molecule has 0 fully saturated rings. The normalized spacial score (nSPS) is 9.92. The van der Waals surface area contributed by atoms with Crippen LogP contribution in [0.3, 0.4) is 0 Å². The minimum Gasteiger partial charge on any atom is -0.549 e. The molecule has 0 atom stereocenters. The van der Waals surface area contributed by atoms with Crippen molar-refractivity contribution in [2.24, 2.45) is 0 Å². The Bertz CT molecular complexity index is 308. The number of pyridine rings is 1. The Kier molecular flexibility index (Phi) is 2.59. The third kappa shape index (κ3) is 2.02. The van der Waals surface area contributed by atoms with Crippen LogP contribution in [-0.2, 0) is 9.59 Å². The van der Waals surface area contributed by atoms with Crippen LogP contribution in [0.5, 0.6) is 0 Å². The van der Waals surface area contributed by atoms with Crippen LogP contribution >= 0.6 is 0 Å². The zero-order chi connectivity index (χ0) is 9.84. The predicted octanol–water partition coefficient (Wildman–Crippen LogP) is -2.33. The van der Waals surface area contributed by atoms with Gasteiger partial charge in [-0.1, -0.05) is 6.07 Å². The molecule has 0 aromatic carbocycles. The van der Waals surface area contributed by atoms with Gasteiger partial charge in [-0.25, -0.2) is 0 Å². The Morgan fingerprint density at radius 2 is 1.85 bits per heavy atom. The van der Waals surface area contributed by atoms with Crippen molar-refractivity contribution in [2.45, 2.75) is 5.92 Å². The standard InChI is InChI=1S/C8H7NO4/c10-7(11)6(8(12)13)5-3-1-2-4-9-5/h1-4,6H,(H,10,11)(H,12,13)/p-2. The van der Waals surface area contributed by atoms with E-state index in [1.165, 1.54) is 18.3 Å². The molecule has 0 bridgehead atoms. The van der Waals surface area contributed by atoms with E-state index in [4.69, 9.17) is 0 Å². The van der Waals surface area contributed by atoms with Crippen molar-refractivity contribution >= 4 is 11.9 Å². The maximum atomic E-state index is 10.4. The van der Waals surface area contributed by atoms with Crippen LogP contribution in [0.15, 0.2) is 24.4 Å². The van der Waals surface area contributed by atoms with E-state index >= 15 is 0 Å². The molecule has 0 unspecified atom stereocenters. The van der Waals surface area contributed by atoms with Gasteiger partial charge in [0.2, 0.25) is 0 Å². The van der Waals surface area contributed by atoms with Gasteiger partial charge in [0.15, 0.2) is 0 Å². The summed E-state index contributed by atoms with van der Waals surface area (Å²) in [6.45, 7) is 0. The average Bonchev–Trinajstić information content (AvgIpc) is 2.04. The molecular formula is C8H5NO4-2. The molecule has 0 aliphatic rings. The van der Waals surface area contributed by atoms with E-state index in [1.54, 1.807) is 6.07 Å². The highest BCUT2D eigenvalue weighted by Gasteiger charge is 2.14. The van der Waals surface area contributed by atoms with Crippen molar-refractivity contribution in [2.75, 3.05) is 0 Å². The number of aromatic nitrogens is 1. The first kappa shape index (κ1) is 9.18. The minimum atomic E-state index is -1.80. The van der Waals surface area contributed by atoms with Gasteiger partial charge in [-0.15, -0.1) is 0 Å². The van der Waals surface area contributed by atoms with Gasteiger partial charge in [0.05, 0.1) is 23.6 Å². The van der Waals surface area contributed by atoms with E-state index < -0.39 is 17.9 Å². The third-order valence-electron chi connectivity index (χ3n) is 1.45. The third-order valence-corrected chi connectivity index (χ3v) is 1.45. The van der Waals surface area contributed by atoms with E-state index in [0.29, 0.717) is 0 Å². The molecule has 68 valence electrons. The zero-order valence-corrected chi connectivity index (χ0v) is 6.47. The second-order valence-electron chi connectivity index (χ2n) is 2.33. The largest absolute Gasteiger partial charge is 0.549 e. The molecule has 0 aliphatic carbocycles. The first-order valence-corrected chi connectivity index (χ1v) is 3.45. The Hall–Kier alpha value is -1.91. The first-order valence-electron chi connectivity index (χ1n) is 3.45. The number of rotatable bonds is 3. The molecule has 0 saturated carbocycles. The maximum absolute atomic E-state index is 10.4. The fraction of sp³-hybridized carbons (Fsp3) is 0.125. The first-order chi connectivity index (χ1) is 6.13. The summed E-state index contributed by atoms with van der Waals surface area (Å²) in [6, 6.07) is 4.32. The molecule has 1 aromatic heterocycles. The minimum absolute atomic E-state index is 0.0949. The molecule has 1 rings (SSSR count). The molecule has 5 nitrogen and oxygen atoms in total. The quantitative estimate of drug-likeness (QED) is 0.485. The maximum Gasteiger partial charge on any atom is 0.0804 e. The lowest BCUT2D eigenvalue weighted by molar-refractivity contribution is -0.326. The summed E-state index contributed by atoms with van der Waals surface area (Å²) in [5.41, 5.74) is -0.0949. The van der Waals surface area contributed by atoms with Gasteiger partial charge in [0.25, 0.3) is 0 Å². The Balaban J connectivity index is 3.03. The van der Waals surface area contributed by atoms with Gasteiger partial charge in [0.1, 0.15) is 0 Å². The number of hydrogen-bond acceptors (Lipinski definition) is 5. The zero-order valence-electron chi connectivity index (χ0n) is 6.47. The number of hydrogen-bond donors (Lipinski definition) is 0. The summed E-state index contributed by atoms with van der Waals surface area (Å²) < 4.78 is 0. The van der Waals surface area contributed by atoms with Crippen LogP contribution in [0.1, 0.15) is 11.6 Å². The lowest BCUT2D eigenvalue weighted by Crippen LogP contribution is -2.41. The summed E-state index contributed by atoms with van der Waals surface area (Å²) in [4.78, 5) is 24.3. The van der Waals surface area contributed by atoms with Gasteiger partial charge >= 0.3 is 0 Å². The summed E-state index contributed by atoms with van der Waals surface area (Å²) in [5.74, 6) is -5.25. The molecular weight excluding hydrogens is 174 g/mol. The van der Waals surface area contributed by atoms with Crippen LogP contribution < -0.4 is 10.2 Å². The van der Waals surface area contributed by atoms with Crippen molar-refractivity contribution in [1.82, 2.24) is 4.98 Å². The van der Waals surface area contributed by atoms with E-state index in [0.717, 1.165) is 0 Å². The van der Waals surface area contributed by atoms with Crippen molar-refractivity contribution in [3.63, 3.8) is 0 Å². The molecule has 1 aromatic rings. The van der Waals surface area contributed by atoms with Gasteiger partial charge in [-0.3, -0.25) is 4.98 Å². The number of carbonyl (C=O) groups excluding carboxylic acids is 2. The Morgan fingerprint density at radius 1 is 1.23 bits per heavy atom. The van der Waals surface area contributed by atoms with Crippen LogP contribution in [0.2, 0.25) is 0 Å². The molecule has 0 N–H and O–H groups in total. The second kappa shape index (κ2) is 3.66. The highest BCUT2D eigenvalue weighted by molar-refractivity contribution is 5.96. The van der Waals surface area contributed by atoms with Crippen LogP contribution in [0.25, 0.3) is 0 Å². The lowest BCUT2D eigenvalue weighted by Gasteiger charge is -2.17. The van der Waals surface area contributed by atoms with Crippen molar-refractivity contribution < 1.29 is 19.8 Å². The van der Waals surface area contributed by atoms with Gasteiger partial charge in [-0.05, 0) is 12.1 Å². The summed E-state index contributed by atoms with van der Waals surface area (Å²) >= 11 is 0. The van der Waals surface area contributed by atoms with Gasteiger partial charge < -0.3 is 19.8 Å². The van der Waals surface area contributed by atoms with Gasteiger partial charge in [0, 0.05) is 6.20 Å². The summed E-state index contributed by atoms with van der Waals surface area (Å²) in [6.07, 6.45) is 1.30. The molecule has 0 aliphatic heterocycles. The smallest absolute Gasteiger partial charge is 0.0804 e. The number of carboxylic acid groups (broad SMARTS) is 2. The topological polar surface area (TPSA) is 93.1 Å². The lowest BCUT2D eigenvalue weighted by atomic mass is 10.1. The fourth-order valence-corrected chi connectivity index (χ4v) is 0.884. The number of carboxylic acids is 2. The SMILES string of the molecule is O=C([O-])C(C(=O)[O-])c1ccccn1. The molecule has 0 amide bonds. The fourth-order valence-electron chi connectivity index (χ4n) is 0.884. The summed E-state index contributed by atoms with van der Waals surface area (Å²) in [5, 5.41) is 20.7. The molecule has 0 radical (unpaired) electrons. The number of aliphatic carboxylic acids is 2. The van der Waals surface area contributed by atoms with E-state index in [9.17, 15) is 19.8 Å². The van der Waals surface area contributed by atoms with Gasteiger partial charge in [-0.2, -0.15) is 0 Å². The number of nitrogens with zero attached hydrogens (tertiary/aromatic N) is 1. The highest BCUT2D eigenvalue weighted by Crippen LogP contribution is 2.10. The van der Waals surface area contributed by atoms with Crippen LogP contribution in [0.4, 0.5) is 0 Å². The van der Waals surface area contributed by atoms with Crippen molar-refractivity contribution in [1.29, 1.82) is 0 Å². The molecule has 1 heterocycles. The Labute approximate surface area is 73.7 Å². The molecule has 5 heteroatoms. The van der Waals surface area contributed by atoms with Crippen LogP contribution in [0, 0.1) is 0 Å². The van der Waals surface area contributed by atoms with Crippen molar-refractivity contribution in [3.05, 3.63) is 30.1 Å². The van der Waals surface area contributed by atoms with Crippen LogP contribution in [-0.4, -0.2) is 16.9 Å². The molecule has 0 spiro atoms. The molecule has 13 heavy (non-hydrogen) atoms. The Morgan fingerprint density at radius 3 is 2.23 bits per heavy atom. The average molecular weight is 179 g/mol. The summed E-state index contributed by atoms with van der Waals surface area (Å²) in [7, 11) is 0. The second-order valence-corrected chi connectivity index (χ2v) is 2.33. The highest BCUT2D eigenvalue weighted by atomic mass is 16.4. The predicted molar refractivity (Wildman–Crippen MR) is 37.0 cm³/mol. The monoisotopic (exact) mass is 179 g/mol. The van der Waals surface area contributed by atoms with Crippen molar-refractivity contribution in [3.8, 4) is 0 Å². The number of carbonyl (C=O) groups is 2. The van der Waals surface area contributed by atoms with E-state index in [-0.39, 0.29) is 5.69 Å². The molecule has 0 saturated heterocycles.